The van der Waals surface area contributed by atoms with E-state index < -0.39 is 5.91 Å². The number of halogens is 1. The summed E-state index contributed by atoms with van der Waals surface area (Å²) < 4.78 is 0. The van der Waals surface area contributed by atoms with Crippen molar-refractivity contribution in [3.63, 3.8) is 0 Å². The van der Waals surface area contributed by atoms with Crippen LogP contribution >= 0.6 is 23.4 Å². The number of amides is 1. The lowest BCUT2D eigenvalue weighted by Crippen LogP contribution is -2.22. The highest BCUT2D eigenvalue weighted by Crippen LogP contribution is 2.23. The summed E-state index contributed by atoms with van der Waals surface area (Å²) in [6.45, 7) is 1.76. The summed E-state index contributed by atoms with van der Waals surface area (Å²) in [5.41, 5.74) is 6.66. The number of hydrogen-bond donors (Lipinski definition) is 2. The van der Waals surface area contributed by atoms with Crippen molar-refractivity contribution in [3.8, 4) is 0 Å². The second kappa shape index (κ2) is 6.45. The van der Waals surface area contributed by atoms with Gasteiger partial charge in [-0.3, -0.25) is 4.79 Å². The molecule has 1 amide bonds. The molecule has 1 aromatic carbocycles. The number of carbonyl (C=O) groups excluding carboxylic acids is 1. The number of rotatable bonds is 5. The monoisotopic (exact) mass is 284 g/mol. The molecule has 0 bridgehead atoms. The van der Waals surface area contributed by atoms with E-state index in [2.05, 4.69) is 5.32 Å². The Morgan fingerprint density at radius 3 is 3.00 bits per heavy atom. The van der Waals surface area contributed by atoms with Crippen LogP contribution in [0.4, 0.5) is 0 Å². The quantitative estimate of drug-likeness (QED) is 0.872. The molecule has 0 radical (unpaired) electrons. The minimum Gasteiger partial charge on any atom is -0.366 e. The van der Waals surface area contributed by atoms with E-state index in [-0.39, 0.29) is 0 Å². The number of nitrogens with one attached hydrogen (secondary N) is 1. The number of carbonyl (C=O) groups is 1. The summed E-state index contributed by atoms with van der Waals surface area (Å²) >= 11 is 8.14. The van der Waals surface area contributed by atoms with Gasteiger partial charge in [0, 0.05) is 17.1 Å². The van der Waals surface area contributed by atoms with Crippen molar-refractivity contribution < 1.29 is 4.79 Å². The van der Waals surface area contributed by atoms with E-state index in [1.807, 2.05) is 17.8 Å². The standard InChI is InChI=1S/C13H17ClN2OS/c14-12-5-10(13(15)17)1-2-11(12)7-16-6-9-3-4-18-8-9/h1-2,5,9,16H,3-4,6-8H2,(H2,15,17). The molecule has 3 N–H and O–H groups in total. The summed E-state index contributed by atoms with van der Waals surface area (Å²) in [4.78, 5) is 11.0. The van der Waals surface area contributed by atoms with Crippen molar-refractivity contribution in [2.24, 2.45) is 11.7 Å². The van der Waals surface area contributed by atoms with Crippen LogP contribution in [0.3, 0.4) is 0 Å². The molecule has 3 nitrogen and oxygen atoms in total. The molecule has 0 aliphatic carbocycles. The van der Waals surface area contributed by atoms with E-state index in [9.17, 15) is 4.79 Å². The number of primary amides is 1. The smallest absolute Gasteiger partial charge is 0.248 e. The SMILES string of the molecule is NC(=O)c1ccc(CNCC2CCSC2)c(Cl)c1. The fraction of sp³-hybridized carbons (Fsp3) is 0.462. The molecule has 1 aliphatic heterocycles. The third kappa shape index (κ3) is 3.64. The van der Waals surface area contributed by atoms with Gasteiger partial charge in [0.05, 0.1) is 0 Å². The van der Waals surface area contributed by atoms with Gasteiger partial charge in [0.2, 0.25) is 5.91 Å². The molecule has 1 aromatic rings. The Labute approximate surface area is 116 Å². The Kier molecular flexibility index (Phi) is 4.92. The van der Waals surface area contributed by atoms with Crippen molar-refractivity contribution in [1.82, 2.24) is 5.32 Å². The van der Waals surface area contributed by atoms with Crippen molar-refractivity contribution in [3.05, 3.63) is 34.3 Å². The van der Waals surface area contributed by atoms with Gasteiger partial charge in [0.15, 0.2) is 0 Å². The first-order chi connectivity index (χ1) is 8.66. The van der Waals surface area contributed by atoms with Crippen LogP contribution in [0.25, 0.3) is 0 Å². The van der Waals surface area contributed by atoms with Crippen molar-refractivity contribution in [2.75, 3.05) is 18.1 Å². The van der Waals surface area contributed by atoms with Gasteiger partial charge in [-0.15, -0.1) is 0 Å². The molecule has 98 valence electrons. The highest BCUT2D eigenvalue weighted by molar-refractivity contribution is 7.99. The third-order valence-electron chi connectivity index (χ3n) is 3.11. The Morgan fingerprint density at radius 1 is 1.56 bits per heavy atom. The van der Waals surface area contributed by atoms with Gasteiger partial charge in [-0.1, -0.05) is 17.7 Å². The minimum absolute atomic E-state index is 0.445. The van der Waals surface area contributed by atoms with Crippen LogP contribution in [0.1, 0.15) is 22.3 Å². The fourth-order valence-corrected chi connectivity index (χ4v) is 3.53. The zero-order valence-corrected chi connectivity index (χ0v) is 11.7. The van der Waals surface area contributed by atoms with Crippen LogP contribution in [0.2, 0.25) is 5.02 Å². The van der Waals surface area contributed by atoms with Crippen molar-refractivity contribution >= 4 is 29.3 Å². The van der Waals surface area contributed by atoms with Crippen molar-refractivity contribution in [1.29, 1.82) is 0 Å². The summed E-state index contributed by atoms with van der Waals surface area (Å²) in [6, 6.07) is 5.21. The molecule has 1 saturated heterocycles. The van der Waals surface area contributed by atoms with Crippen LogP contribution in [-0.2, 0) is 6.54 Å². The summed E-state index contributed by atoms with van der Waals surface area (Å²) in [5.74, 6) is 2.86. The maximum Gasteiger partial charge on any atom is 0.248 e. The Morgan fingerprint density at radius 2 is 2.39 bits per heavy atom. The summed E-state index contributed by atoms with van der Waals surface area (Å²) in [6.07, 6.45) is 1.30. The molecule has 1 heterocycles. The second-order valence-electron chi connectivity index (χ2n) is 4.53. The van der Waals surface area contributed by atoms with E-state index >= 15 is 0 Å². The molecular weight excluding hydrogens is 268 g/mol. The molecule has 0 saturated carbocycles. The Balaban J connectivity index is 1.87. The van der Waals surface area contributed by atoms with Crippen LogP contribution in [-0.4, -0.2) is 24.0 Å². The fourth-order valence-electron chi connectivity index (χ4n) is 2.00. The summed E-state index contributed by atoms with van der Waals surface area (Å²) in [5, 5.41) is 4.02. The average molecular weight is 285 g/mol. The first-order valence-corrected chi connectivity index (χ1v) is 7.57. The molecule has 18 heavy (non-hydrogen) atoms. The topological polar surface area (TPSA) is 55.1 Å². The number of nitrogens with two attached hydrogens (primary N) is 1. The number of benzene rings is 1. The lowest BCUT2D eigenvalue weighted by Gasteiger charge is -2.11. The molecular formula is C13H17ClN2OS. The minimum atomic E-state index is -0.445. The highest BCUT2D eigenvalue weighted by Gasteiger charge is 2.14. The molecule has 0 aromatic heterocycles. The first kappa shape index (κ1) is 13.7. The van der Waals surface area contributed by atoms with E-state index in [1.54, 1.807) is 12.1 Å². The highest BCUT2D eigenvalue weighted by atomic mass is 35.5. The lowest BCUT2D eigenvalue weighted by atomic mass is 10.1. The lowest BCUT2D eigenvalue weighted by molar-refractivity contribution is 0.100. The maximum atomic E-state index is 11.0. The van der Waals surface area contributed by atoms with Crippen LogP contribution in [0.5, 0.6) is 0 Å². The van der Waals surface area contributed by atoms with E-state index in [0.29, 0.717) is 10.6 Å². The summed E-state index contributed by atoms with van der Waals surface area (Å²) in [7, 11) is 0. The third-order valence-corrected chi connectivity index (χ3v) is 4.69. The van der Waals surface area contributed by atoms with Gasteiger partial charge in [0.25, 0.3) is 0 Å². The van der Waals surface area contributed by atoms with E-state index in [0.717, 1.165) is 24.6 Å². The molecule has 1 atom stereocenters. The predicted molar refractivity (Wildman–Crippen MR) is 77.1 cm³/mol. The van der Waals surface area contributed by atoms with E-state index in [4.69, 9.17) is 17.3 Å². The van der Waals surface area contributed by atoms with Gasteiger partial charge >= 0.3 is 0 Å². The Bertz CT molecular complexity index is 433. The molecule has 1 aliphatic rings. The largest absolute Gasteiger partial charge is 0.366 e. The maximum absolute atomic E-state index is 11.0. The molecule has 5 heteroatoms. The molecule has 1 fully saturated rings. The second-order valence-corrected chi connectivity index (χ2v) is 6.09. The molecule has 0 spiro atoms. The van der Waals surface area contributed by atoms with Gasteiger partial charge in [0.1, 0.15) is 0 Å². The predicted octanol–water partition coefficient (Wildman–Crippen LogP) is 2.28. The van der Waals surface area contributed by atoms with Gasteiger partial charge < -0.3 is 11.1 Å². The van der Waals surface area contributed by atoms with Crippen molar-refractivity contribution in [2.45, 2.75) is 13.0 Å². The molecule has 1 unspecified atom stereocenters. The van der Waals surface area contributed by atoms with Gasteiger partial charge in [-0.05, 0) is 48.1 Å². The molecule has 2 rings (SSSR count). The Hall–Kier alpha value is -0.710. The van der Waals surface area contributed by atoms with Crippen LogP contribution in [0.15, 0.2) is 18.2 Å². The number of thioether (sulfide) groups is 1. The van der Waals surface area contributed by atoms with Crippen LogP contribution in [0, 0.1) is 5.92 Å². The van der Waals surface area contributed by atoms with E-state index in [1.165, 1.54) is 17.9 Å². The van der Waals surface area contributed by atoms with Gasteiger partial charge in [-0.25, -0.2) is 0 Å². The van der Waals surface area contributed by atoms with Crippen LogP contribution < -0.4 is 11.1 Å². The van der Waals surface area contributed by atoms with Gasteiger partial charge in [-0.2, -0.15) is 11.8 Å². The normalized spacial score (nSPS) is 19.1. The average Bonchev–Trinajstić information content (AvgIpc) is 2.84. The zero-order valence-electron chi connectivity index (χ0n) is 10.1. The zero-order chi connectivity index (χ0) is 13.0. The first-order valence-electron chi connectivity index (χ1n) is 6.03. The number of hydrogen-bond acceptors (Lipinski definition) is 3.